The van der Waals surface area contributed by atoms with Crippen molar-refractivity contribution in [2.75, 3.05) is 5.75 Å². The molecule has 0 fully saturated rings. The standard InChI is InChI=1S/C17H16FNOS/c18-14-5-7-16(8-6-14)21-12-15(20)11-19-10-9-13-3-1-2-4-17(13)19/h1-10,15,20H,11-12H2. The van der Waals surface area contributed by atoms with Crippen molar-refractivity contribution >= 4 is 22.7 Å². The van der Waals surface area contributed by atoms with E-state index in [4.69, 9.17) is 0 Å². The van der Waals surface area contributed by atoms with Crippen LogP contribution >= 0.6 is 11.8 Å². The molecule has 2 nitrogen and oxygen atoms in total. The summed E-state index contributed by atoms with van der Waals surface area (Å²) < 4.78 is 14.9. The molecule has 0 radical (unpaired) electrons. The van der Waals surface area contributed by atoms with Gasteiger partial charge in [-0.25, -0.2) is 4.39 Å². The third-order valence-corrected chi connectivity index (χ3v) is 4.50. The molecule has 0 aliphatic rings. The highest BCUT2D eigenvalue weighted by Crippen LogP contribution is 2.21. The maximum absolute atomic E-state index is 12.8. The minimum atomic E-state index is -0.448. The van der Waals surface area contributed by atoms with Crippen LogP contribution in [0.5, 0.6) is 0 Å². The van der Waals surface area contributed by atoms with Gasteiger partial charge in [0.05, 0.1) is 6.10 Å². The SMILES string of the molecule is OC(CSc1ccc(F)cc1)Cn1ccc2ccccc21. The summed E-state index contributed by atoms with van der Waals surface area (Å²) in [6.07, 6.45) is 1.55. The molecule has 0 saturated heterocycles. The van der Waals surface area contributed by atoms with E-state index in [0.717, 1.165) is 10.4 Å². The van der Waals surface area contributed by atoms with Crippen LogP contribution in [0.25, 0.3) is 10.9 Å². The second-order valence-electron chi connectivity index (χ2n) is 4.95. The number of halogens is 1. The molecule has 0 aliphatic heterocycles. The Morgan fingerprint density at radius 3 is 2.62 bits per heavy atom. The minimum absolute atomic E-state index is 0.237. The second kappa shape index (κ2) is 6.33. The van der Waals surface area contributed by atoms with E-state index in [1.165, 1.54) is 29.3 Å². The fraction of sp³-hybridized carbons (Fsp3) is 0.176. The molecule has 1 N–H and O–H groups in total. The molecule has 4 heteroatoms. The summed E-state index contributed by atoms with van der Waals surface area (Å²) >= 11 is 1.53. The minimum Gasteiger partial charge on any atom is -0.390 e. The Bertz CT molecular complexity index is 723. The molecule has 1 aromatic heterocycles. The Kier molecular flexibility index (Phi) is 4.27. The lowest BCUT2D eigenvalue weighted by atomic mass is 10.2. The highest BCUT2D eigenvalue weighted by atomic mass is 32.2. The molecule has 108 valence electrons. The Morgan fingerprint density at radius 2 is 1.81 bits per heavy atom. The lowest BCUT2D eigenvalue weighted by Crippen LogP contribution is -2.17. The molecule has 1 atom stereocenters. The summed E-state index contributed by atoms with van der Waals surface area (Å²) in [6, 6.07) is 16.5. The van der Waals surface area contributed by atoms with Crippen molar-refractivity contribution in [1.29, 1.82) is 0 Å². The zero-order valence-corrected chi connectivity index (χ0v) is 12.3. The number of hydrogen-bond acceptors (Lipinski definition) is 2. The van der Waals surface area contributed by atoms with E-state index < -0.39 is 6.10 Å². The van der Waals surface area contributed by atoms with Gasteiger partial charge in [-0.15, -0.1) is 11.8 Å². The van der Waals surface area contributed by atoms with Gasteiger partial charge in [-0.1, -0.05) is 18.2 Å². The van der Waals surface area contributed by atoms with Gasteiger partial charge in [0, 0.05) is 28.9 Å². The maximum Gasteiger partial charge on any atom is 0.123 e. The van der Waals surface area contributed by atoms with Crippen molar-refractivity contribution in [3.8, 4) is 0 Å². The number of thioether (sulfide) groups is 1. The molecule has 0 saturated carbocycles. The van der Waals surface area contributed by atoms with Crippen molar-refractivity contribution < 1.29 is 9.50 Å². The summed E-state index contributed by atoms with van der Waals surface area (Å²) in [5, 5.41) is 11.4. The third-order valence-electron chi connectivity index (χ3n) is 3.34. The first-order valence-electron chi connectivity index (χ1n) is 6.83. The van der Waals surface area contributed by atoms with Crippen molar-refractivity contribution in [2.45, 2.75) is 17.5 Å². The molecule has 1 heterocycles. The second-order valence-corrected chi connectivity index (χ2v) is 6.04. The van der Waals surface area contributed by atoms with Gasteiger partial charge in [0.15, 0.2) is 0 Å². The third kappa shape index (κ3) is 3.46. The fourth-order valence-electron chi connectivity index (χ4n) is 2.30. The molecule has 0 spiro atoms. The average Bonchev–Trinajstić information content (AvgIpc) is 2.90. The van der Waals surface area contributed by atoms with E-state index in [-0.39, 0.29) is 5.82 Å². The van der Waals surface area contributed by atoms with Crippen LogP contribution in [0.1, 0.15) is 0 Å². The molecular formula is C17H16FNOS. The van der Waals surface area contributed by atoms with Crippen molar-refractivity contribution in [3.63, 3.8) is 0 Å². The Morgan fingerprint density at radius 1 is 1.05 bits per heavy atom. The average molecular weight is 301 g/mol. The Labute approximate surface area is 127 Å². The summed E-state index contributed by atoms with van der Waals surface area (Å²) in [6.45, 7) is 0.557. The van der Waals surface area contributed by atoms with E-state index >= 15 is 0 Å². The number of aliphatic hydroxyl groups excluding tert-OH is 1. The van der Waals surface area contributed by atoms with Crippen LogP contribution in [-0.4, -0.2) is 21.5 Å². The van der Waals surface area contributed by atoms with E-state index in [9.17, 15) is 9.50 Å². The van der Waals surface area contributed by atoms with Crippen molar-refractivity contribution in [3.05, 3.63) is 66.6 Å². The van der Waals surface area contributed by atoms with E-state index in [2.05, 4.69) is 22.8 Å². The first-order chi connectivity index (χ1) is 10.2. The maximum atomic E-state index is 12.8. The van der Waals surface area contributed by atoms with Crippen molar-refractivity contribution in [1.82, 2.24) is 4.57 Å². The molecule has 0 bridgehead atoms. The number of fused-ring (bicyclic) bond motifs is 1. The van der Waals surface area contributed by atoms with Crippen LogP contribution in [0.3, 0.4) is 0 Å². The fourth-order valence-corrected chi connectivity index (χ4v) is 3.12. The number of para-hydroxylation sites is 1. The number of aromatic nitrogens is 1. The van der Waals surface area contributed by atoms with Gasteiger partial charge in [-0.3, -0.25) is 0 Å². The largest absolute Gasteiger partial charge is 0.390 e. The van der Waals surface area contributed by atoms with Crippen LogP contribution < -0.4 is 0 Å². The number of nitrogens with zero attached hydrogens (tertiary/aromatic N) is 1. The van der Waals surface area contributed by atoms with Crippen LogP contribution in [0.15, 0.2) is 65.7 Å². The molecular weight excluding hydrogens is 285 g/mol. The zero-order valence-electron chi connectivity index (χ0n) is 11.4. The topological polar surface area (TPSA) is 25.2 Å². The van der Waals surface area contributed by atoms with E-state index in [1.807, 2.05) is 18.3 Å². The molecule has 0 amide bonds. The highest BCUT2D eigenvalue weighted by Gasteiger charge is 2.08. The van der Waals surface area contributed by atoms with E-state index in [1.54, 1.807) is 12.1 Å². The van der Waals surface area contributed by atoms with Crippen LogP contribution in [0, 0.1) is 5.82 Å². The predicted molar refractivity (Wildman–Crippen MR) is 85.1 cm³/mol. The summed E-state index contributed by atoms with van der Waals surface area (Å²) in [4.78, 5) is 0.966. The molecule has 2 aromatic carbocycles. The Balaban J connectivity index is 1.61. The van der Waals surface area contributed by atoms with E-state index in [0.29, 0.717) is 12.3 Å². The Hall–Kier alpha value is -1.78. The van der Waals surface area contributed by atoms with Gasteiger partial charge < -0.3 is 9.67 Å². The lowest BCUT2D eigenvalue weighted by Gasteiger charge is -2.12. The number of hydrogen-bond donors (Lipinski definition) is 1. The summed E-state index contributed by atoms with van der Waals surface area (Å²) in [5.41, 5.74) is 1.13. The highest BCUT2D eigenvalue weighted by molar-refractivity contribution is 7.99. The van der Waals surface area contributed by atoms with Crippen LogP contribution in [0.2, 0.25) is 0 Å². The first kappa shape index (κ1) is 14.2. The predicted octanol–water partition coefficient (Wildman–Crippen LogP) is 3.93. The monoisotopic (exact) mass is 301 g/mol. The van der Waals surface area contributed by atoms with Gasteiger partial charge >= 0.3 is 0 Å². The van der Waals surface area contributed by atoms with Gasteiger partial charge in [0.1, 0.15) is 5.82 Å². The molecule has 0 aliphatic carbocycles. The number of aliphatic hydroxyl groups is 1. The lowest BCUT2D eigenvalue weighted by molar-refractivity contribution is 0.180. The molecule has 1 unspecified atom stereocenters. The van der Waals surface area contributed by atoms with Crippen LogP contribution in [-0.2, 0) is 6.54 Å². The van der Waals surface area contributed by atoms with Gasteiger partial charge in [0.25, 0.3) is 0 Å². The summed E-state index contributed by atoms with van der Waals surface area (Å²) in [5.74, 6) is 0.344. The molecule has 21 heavy (non-hydrogen) atoms. The molecule has 3 rings (SSSR count). The van der Waals surface area contributed by atoms with Gasteiger partial charge in [-0.05, 0) is 41.8 Å². The van der Waals surface area contributed by atoms with Gasteiger partial charge in [0.2, 0.25) is 0 Å². The van der Waals surface area contributed by atoms with Crippen molar-refractivity contribution in [2.24, 2.45) is 0 Å². The quantitative estimate of drug-likeness (QED) is 0.722. The summed E-state index contributed by atoms with van der Waals surface area (Å²) in [7, 11) is 0. The number of benzene rings is 2. The number of rotatable bonds is 5. The zero-order chi connectivity index (χ0) is 14.7. The van der Waals surface area contributed by atoms with Crippen LogP contribution in [0.4, 0.5) is 4.39 Å². The smallest absolute Gasteiger partial charge is 0.123 e. The van der Waals surface area contributed by atoms with Gasteiger partial charge in [-0.2, -0.15) is 0 Å². The molecule has 3 aromatic rings. The first-order valence-corrected chi connectivity index (χ1v) is 7.81. The normalized spacial score (nSPS) is 12.7.